The zero-order chi connectivity index (χ0) is 13.5. The average Bonchev–Trinajstić information content (AvgIpc) is 2.33. The van der Waals surface area contributed by atoms with Crippen molar-refractivity contribution in [1.82, 2.24) is 5.32 Å². The maximum atomic E-state index is 12.9. The first-order chi connectivity index (χ1) is 8.54. The summed E-state index contributed by atoms with van der Waals surface area (Å²) in [4.78, 5) is 21.0. The monoisotopic (exact) mass is 252 g/mol. The van der Waals surface area contributed by atoms with Crippen molar-refractivity contribution in [3.8, 4) is 18.1 Å². The van der Waals surface area contributed by atoms with Gasteiger partial charge in [-0.25, -0.2) is 4.39 Å². The van der Waals surface area contributed by atoms with Crippen molar-refractivity contribution < 1.29 is 18.8 Å². The zero-order valence-electron chi connectivity index (χ0n) is 9.18. The summed E-state index contributed by atoms with van der Waals surface area (Å²) in [6, 6.07) is 2.74. The Morgan fingerprint density at radius 1 is 1.61 bits per heavy atom. The number of ether oxygens (including phenoxy) is 1. The summed E-state index contributed by atoms with van der Waals surface area (Å²) in [5.41, 5.74) is -0.416. The molecule has 0 aliphatic heterocycles. The molecule has 0 unspecified atom stereocenters. The summed E-state index contributed by atoms with van der Waals surface area (Å²) < 4.78 is 17.8. The van der Waals surface area contributed by atoms with E-state index in [9.17, 15) is 19.3 Å². The molecular weight excluding hydrogens is 243 g/mol. The van der Waals surface area contributed by atoms with E-state index in [1.165, 1.54) is 0 Å². The SMILES string of the molecule is C#CCNC(=O)COc1cc(F)ccc1[N+](=O)[O-]. The number of nitro benzene ring substituents is 1. The topological polar surface area (TPSA) is 81.5 Å². The van der Waals surface area contributed by atoms with Crippen molar-refractivity contribution >= 4 is 11.6 Å². The molecule has 0 spiro atoms. The van der Waals surface area contributed by atoms with Crippen LogP contribution in [0.4, 0.5) is 10.1 Å². The lowest BCUT2D eigenvalue weighted by molar-refractivity contribution is -0.385. The third-order valence-electron chi connectivity index (χ3n) is 1.86. The molecule has 0 fully saturated rings. The first-order valence-electron chi connectivity index (χ1n) is 4.81. The number of terminal acetylenes is 1. The molecule has 1 amide bonds. The number of amides is 1. The van der Waals surface area contributed by atoms with Gasteiger partial charge in [0.25, 0.3) is 5.91 Å². The average molecular weight is 252 g/mol. The number of carbonyl (C=O) groups excluding carboxylic acids is 1. The van der Waals surface area contributed by atoms with Gasteiger partial charge in [0.15, 0.2) is 6.61 Å². The highest BCUT2D eigenvalue weighted by molar-refractivity contribution is 5.77. The molecule has 1 aromatic rings. The van der Waals surface area contributed by atoms with E-state index in [2.05, 4.69) is 11.2 Å². The maximum absolute atomic E-state index is 12.9. The van der Waals surface area contributed by atoms with Gasteiger partial charge in [-0.2, -0.15) is 0 Å². The molecule has 0 aliphatic rings. The number of carbonyl (C=O) groups is 1. The fourth-order valence-electron chi connectivity index (χ4n) is 1.10. The van der Waals surface area contributed by atoms with Crippen LogP contribution >= 0.6 is 0 Å². The van der Waals surface area contributed by atoms with Gasteiger partial charge >= 0.3 is 5.69 Å². The van der Waals surface area contributed by atoms with Crippen molar-refractivity contribution in [2.24, 2.45) is 0 Å². The Hall–Kier alpha value is -2.62. The number of halogens is 1. The normalized spacial score (nSPS) is 9.33. The van der Waals surface area contributed by atoms with Crippen molar-refractivity contribution in [1.29, 1.82) is 0 Å². The Bertz CT molecular complexity index is 510. The molecule has 0 aromatic heterocycles. The minimum atomic E-state index is -0.728. The Labute approximate surface area is 102 Å². The molecule has 0 aliphatic carbocycles. The first kappa shape index (κ1) is 13.4. The lowest BCUT2D eigenvalue weighted by atomic mass is 10.3. The summed E-state index contributed by atoms with van der Waals surface area (Å²) in [5.74, 6) is 0.626. The van der Waals surface area contributed by atoms with Crippen molar-refractivity contribution in [3.63, 3.8) is 0 Å². The number of nitrogens with one attached hydrogen (secondary N) is 1. The molecule has 0 saturated heterocycles. The van der Waals surface area contributed by atoms with Crippen molar-refractivity contribution in [2.75, 3.05) is 13.2 Å². The number of hydrogen-bond donors (Lipinski definition) is 1. The molecule has 94 valence electrons. The lowest BCUT2D eigenvalue weighted by Gasteiger charge is -2.06. The van der Waals surface area contributed by atoms with E-state index < -0.39 is 28.9 Å². The highest BCUT2D eigenvalue weighted by Gasteiger charge is 2.16. The van der Waals surface area contributed by atoms with Crippen molar-refractivity contribution in [2.45, 2.75) is 0 Å². The fourth-order valence-corrected chi connectivity index (χ4v) is 1.10. The molecule has 1 rings (SSSR count). The van der Waals surface area contributed by atoms with Gasteiger partial charge in [-0.05, 0) is 6.07 Å². The second kappa shape index (κ2) is 6.20. The number of nitrogens with zero attached hydrogens (tertiary/aromatic N) is 1. The summed E-state index contributed by atoms with van der Waals surface area (Å²) in [5, 5.41) is 12.9. The highest BCUT2D eigenvalue weighted by atomic mass is 19.1. The highest BCUT2D eigenvalue weighted by Crippen LogP contribution is 2.27. The van der Waals surface area contributed by atoms with E-state index in [0.29, 0.717) is 0 Å². The largest absolute Gasteiger partial charge is 0.477 e. The fraction of sp³-hybridized carbons (Fsp3) is 0.182. The van der Waals surface area contributed by atoms with Gasteiger partial charge in [0.1, 0.15) is 5.82 Å². The van der Waals surface area contributed by atoms with Crippen LogP contribution in [0.3, 0.4) is 0 Å². The molecule has 0 bridgehead atoms. The summed E-state index contributed by atoms with van der Waals surface area (Å²) >= 11 is 0. The Morgan fingerprint density at radius 3 is 2.94 bits per heavy atom. The molecule has 0 atom stereocenters. The van der Waals surface area contributed by atoms with Gasteiger partial charge < -0.3 is 10.1 Å². The van der Waals surface area contributed by atoms with Gasteiger partial charge in [0, 0.05) is 12.1 Å². The van der Waals surface area contributed by atoms with Gasteiger partial charge in [0.05, 0.1) is 11.5 Å². The molecule has 1 N–H and O–H groups in total. The molecule has 7 heteroatoms. The predicted octanol–water partition coefficient (Wildman–Crippen LogP) is 0.862. The second-order valence-corrected chi connectivity index (χ2v) is 3.14. The van der Waals surface area contributed by atoms with E-state index in [4.69, 9.17) is 11.2 Å². The number of hydrogen-bond acceptors (Lipinski definition) is 4. The molecule has 1 aromatic carbocycles. The summed E-state index contributed by atoms with van der Waals surface area (Å²) in [6.07, 6.45) is 4.92. The smallest absolute Gasteiger partial charge is 0.311 e. The molecule has 0 heterocycles. The van der Waals surface area contributed by atoms with Gasteiger partial charge in [-0.3, -0.25) is 14.9 Å². The van der Waals surface area contributed by atoms with E-state index >= 15 is 0 Å². The molecule has 0 radical (unpaired) electrons. The van der Waals surface area contributed by atoms with Crippen LogP contribution in [0.1, 0.15) is 0 Å². The number of benzene rings is 1. The van der Waals surface area contributed by atoms with Crippen LogP contribution in [-0.2, 0) is 4.79 Å². The Balaban J connectivity index is 2.72. The molecular formula is C11H9FN2O4. The Morgan fingerprint density at radius 2 is 2.33 bits per heavy atom. The minimum Gasteiger partial charge on any atom is -0.477 e. The summed E-state index contributed by atoms with van der Waals surface area (Å²) in [6.45, 7) is -0.459. The maximum Gasteiger partial charge on any atom is 0.311 e. The third-order valence-corrected chi connectivity index (χ3v) is 1.86. The lowest BCUT2D eigenvalue weighted by Crippen LogP contribution is -2.29. The van der Waals surface area contributed by atoms with Gasteiger partial charge in [-0.1, -0.05) is 5.92 Å². The second-order valence-electron chi connectivity index (χ2n) is 3.14. The summed E-state index contributed by atoms with van der Waals surface area (Å²) in [7, 11) is 0. The van der Waals surface area contributed by atoms with E-state index in [1.807, 2.05) is 0 Å². The molecule has 6 nitrogen and oxygen atoms in total. The van der Waals surface area contributed by atoms with E-state index in [-0.39, 0.29) is 12.3 Å². The quantitative estimate of drug-likeness (QED) is 0.478. The van der Waals surface area contributed by atoms with Gasteiger partial charge in [-0.15, -0.1) is 6.42 Å². The minimum absolute atomic E-state index is 0.0213. The van der Waals surface area contributed by atoms with Gasteiger partial charge in [0.2, 0.25) is 5.75 Å². The Kier molecular flexibility index (Phi) is 4.63. The zero-order valence-corrected chi connectivity index (χ0v) is 9.18. The molecule has 0 saturated carbocycles. The first-order valence-corrected chi connectivity index (χ1v) is 4.81. The van der Waals surface area contributed by atoms with Crippen LogP contribution in [0.2, 0.25) is 0 Å². The van der Waals surface area contributed by atoms with Crippen LogP contribution in [0.25, 0.3) is 0 Å². The third kappa shape index (κ3) is 3.75. The van der Waals surface area contributed by atoms with Crippen LogP contribution in [0.5, 0.6) is 5.75 Å². The molecule has 18 heavy (non-hydrogen) atoms. The van der Waals surface area contributed by atoms with E-state index in [0.717, 1.165) is 18.2 Å². The predicted molar refractivity (Wildman–Crippen MR) is 60.4 cm³/mol. The van der Waals surface area contributed by atoms with Crippen LogP contribution in [0, 0.1) is 28.3 Å². The van der Waals surface area contributed by atoms with E-state index in [1.54, 1.807) is 0 Å². The van der Waals surface area contributed by atoms with Crippen molar-refractivity contribution in [3.05, 3.63) is 34.1 Å². The van der Waals surface area contributed by atoms with Crippen LogP contribution in [-0.4, -0.2) is 24.0 Å². The number of nitro groups is 1. The standard InChI is InChI=1S/C11H9FN2O4/c1-2-5-13-11(15)7-18-10-6-8(12)3-4-9(10)14(16)17/h1,3-4,6H,5,7H2,(H,13,15). The van der Waals surface area contributed by atoms with Crippen LogP contribution < -0.4 is 10.1 Å². The van der Waals surface area contributed by atoms with Crippen LogP contribution in [0.15, 0.2) is 18.2 Å². The number of rotatable bonds is 5.